The zero-order valence-corrected chi connectivity index (χ0v) is 10.7. The van der Waals surface area contributed by atoms with E-state index in [1.165, 1.54) is 12.1 Å². The third-order valence-electron chi connectivity index (χ3n) is 2.86. The molecule has 4 nitrogen and oxygen atoms in total. The number of hydrogen-bond donors (Lipinski definition) is 1. The van der Waals surface area contributed by atoms with E-state index in [0.717, 1.165) is 0 Å². The number of likely N-dealkylation sites (tertiary alicyclic amines) is 1. The topological polar surface area (TPSA) is 55.6 Å². The van der Waals surface area contributed by atoms with Crippen molar-refractivity contribution in [1.29, 1.82) is 0 Å². The molecule has 6 heteroatoms. The van der Waals surface area contributed by atoms with Crippen LogP contribution in [0, 0.1) is 5.82 Å². The summed E-state index contributed by atoms with van der Waals surface area (Å²) >= 11 is 4.75. The third-order valence-corrected chi connectivity index (χ3v) is 3.10. The van der Waals surface area contributed by atoms with Gasteiger partial charge in [-0.25, -0.2) is 4.39 Å². The van der Waals surface area contributed by atoms with E-state index in [4.69, 9.17) is 22.7 Å². The lowest BCUT2D eigenvalue weighted by atomic mass is 10.2. The SMILES string of the molecule is CN1CCC(Oc2ccc(C(N)=S)cc2F)C1=O. The van der Waals surface area contributed by atoms with Gasteiger partial charge in [-0.1, -0.05) is 12.2 Å². The van der Waals surface area contributed by atoms with Gasteiger partial charge in [0.1, 0.15) is 4.99 Å². The van der Waals surface area contributed by atoms with E-state index in [0.29, 0.717) is 18.5 Å². The molecular formula is C12H13FN2O2S. The highest BCUT2D eigenvalue weighted by molar-refractivity contribution is 7.80. The Morgan fingerprint density at radius 2 is 2.33 bits per heavy atom. The first-order chi connectivity index (χ1) is 8.49. The monoisotopic (exact) mass is 268 g/mol. The van der Waals surface area contributed by atoms with Crippen LogP contribution in [0.2, 0.25) is 0 Å². The Morgan fingerprint density at radius 3 is 2.83 bits per heavy atom. The molecule has 1 aliphatic rings. The van der Waals surface area contributed by atoms with Gasteiger partial charge in [0.2, 0.25) is 0 Å². The Balaban J connectivity index is 2.15. The highest BCUT2D eigenvalue weighted by Gasteiger charge is 2.31. The Kier molecular flexibility index (Phi) is 3.47. The Morgan fingerprint density at radius 1 is 1.61 bits per heavy atom. The number of hydrogen-bond acceptors (Lipinski definition) is 3. The quantitative estimate of drug-likeness (QED) is 0.833. The van der Waals surface area contributed by atoms with Gasteiger partial charge < -0.3 is 15.4 Å². The summed E-state index contributed by atoms with van der Waals surface area (Å²) in [6, 6.07) is 4.22. The molecule has 1 heterocycles. The number of rotatable bonds is 3. The van der Waals surface area contributed by atoms with Crippen LogP contribution in [-0.4, -0.2) is 35.5 Å². The van der Waals surface area contributed by atoms with E-state index in [1.807, 2.05) is 0 Å². The van der Waals surface area contributed by atoms with E-state index in [-0.39, 0.29) is 16.6 Å². The van der Waals surface area contributed by atoms with Gasteiger partial charge in [0, 0.05) is 25.6 Å². The molecule has 1 fully saturated rings. The number of benzene rings is 1. The van der Waals surface area contributed by atoms with Crippen LogP contribution in [0.15, 0.2) is 18.2 Å². The molecule has 18 heavy (non-hydrogen) atoms. The first-order valence-corrected chi connectivity index (χ1v) is 5.91. The zero-order valence-electron chi connectivity index (χ0n) is 9.85. The summed E-state index contributed by atoms with van der Waals surface area (Å²) in [5.74, 6) is -0.654. The maximum Gasteiger partial charge on any atom is 0.263 e. The van der Waals surface area contributed by atoms with Crippen molar-refractivity contribution in [1.82, 2.24) is 4.90 Å². The summed E-state index contributed by atoms with van der Waals surface area (Å²) in [5.41, 5.74) is 5.83. The first-order valence-electron chi connectivity index (χ1n) is 5.50. The number of carbonyl (C=O) groups excluding carboxylic acids is 1. The summed E-state index contributed by atoms with van der Waals surface area (Å²) < 4.78 is 19.1. The number of likely N-dealkylation sites (N-methyl/N-ethyl adjacent to an activating group) is 1. The lowest BCUT2D eigenvalue weighted by molar-refractivity contribution is -0.132. The largest absolute Gasteiger partial charge is 0.477 e. The molecule has 0 aliphatic carbocycles. The molecule has 1 unspecified atom stereocenters. The standard InChI is InChI=1S/C12H13FN2O2S/c1-15-5-4-10(12(15)16)17-9-3-2-7(11(14)18)6-8(9)13/h2-3,6,10H,4-5H2,1H3,(H2,14,18). The van der Waals surface area contributed by atoms with Gasteiger partial charge in [0.15, 0.2) is 17.7 Å². The Bertz CT molecular complexity index is 507. The number of thiocarbonyl (C=S) groups is 1. The molecule has 0 radical (unpaired) electrons. The van der Waals surface area contributed by atoms with E-state index in [2.05, 4.69) is 0 Å². The fraction of sp³-hybridized carbons (Fsp3) is 0.333. The molecule has 2 N–H and O–H groups in total. The molecule has 0 saturated carbocycles. The second kappa shape index (κ2) is 4.89. The number of carbonyl (C=O) groups is 1. The highest BCUT2D eigenvalue weighted by atomic mass is 32.1. The van der Waals surface area contributed by atoms with Crippen LogP contribution >= 0.6 is 12.2 Å². The van der Waals surface area contributed by atoms with Crippen LogP contribution in [0.25, 0.3) is 0 Å². The van der Waals surface area contributed by atoms with Crippen molar-refractivity contribution >= 4 is 23.1 Å². The van der Waals surface area contributed by atoms with Gasteiger partial charge >= 0.3 is 0 Å². The van der Waals surface area contributed by atoms with Gasteiger partial charge in [-0.3, -0.25) is 4.79 Å². The summed E-state index contributed by atoms with van der Waals surface area (Å²) in [7, 11) is 1.69. The molecule has 0 bridgehead atoms. The van der Waals surface area contributed by atoms with Crippen LogP contribution in [0.4, 0.5) is 4.39 Å². The van der Waals surface area contributed by atoms with Crippen LogP contribution in [0.1, 0.15) is 12.0 Å². The number of halogens is 1. The molecule has 1 aromatic rings. The molecule has 1 amide bonds. The molecule has 96 valence electrons. The minimum atomic E-state index is -0.611. The minimum Gasteiger partial charge on any atom is -0.477 e. The van der Waals surface area contributed by atoms with Gasteiger partial charge in [-0.2, -0.15) is 0 Å². The van der Waals surface area contributed by atoms with Crippen LogP contribution in [-0.2, 0) is 4.79 Å². The maximum absolute atomic E-state index is 13.7. The molecule has 0 spiro atoms. The molecular weight excluding hydrogens is 255 g/mol. The normalized spacial score (nSPS) is 19.1. The van der Waals surface area contributed by atoms with Crippen molar-refractivity contribution in [3.63, 3.8) is 0 Å². The second-order valence-corrected chi connectivity index (χ2v) is 4.60. The van der Waals surface area contributed by atoms with Crippen LogP contribution in [0.3, 0.4) is 0 Å². The maximum atomic E-state index is 13.7. The molecule has 2 rings (SSSR count). The summed E-state index contributed by atoms with van der Waals surface area (Å²) in [4.78, 5) is 13.3. The highest BCUT2D eigenvalue weighted by Crippen LogP contribution is 2.23. The van der Waals surface area contributed by atoms with Crippen molar-refractivity contribution in [3.8, 4) is 5.75 Å². The second-order valence-electron chi connectivity index (χ2n) is 4.16. The van der Waals surface area contributed by atoms with E-state index in [1.54, 1.807) is 18.0 Å². The predicted molar refractivity (Wildman–Crippen MR) is 69.0 cm³/mol. The van der Waals surface area contributed by atoms with E-state index >= 15 is 0 Å². The third kappa shape index (κ3) is 2.43. The molecule has 0 aromatic heterocycles. The molecule has 1 atom stereocenters. The fourth-order valence-corrected chi connectivity index (χ4v) is 1.93. The minimum absolute atomic E-state index is 0.0450. The smallest absolute Gasteiger partial charge is 0.263 e. The van der Waals surface area contributed by atoms with Crippen LogP contribution < -0.4 is 10.5 Å². The Labute approximate surface area is 110 Å². The Hall–Kier alpha value is -1.69. The number of nitrogens with two attached hydrogens (primary N) is 1. The van der Waals surface area contributed by atoms with Gasteiger partial charge in [0.05, 0.1) is 0 Å². The van der Waals surface area contributed by atoms with Gasteiger partial charge in [-0.15, -0.1) is 0 Å². The van der Waals surface area contributed by atoms with Crippen molar-refractivity contribution in [2.75, 3.05) is 13.6 Å². The van der Waals surface area contributed by atoms with Crippen molar-refractivity contribution in [2.45, 2.75) is 12.5 Å². The van der Waals surface area contributed by atoms with E-state index < -0.39 is 11.9 Å². The summed E-state index contributed by atoms with van der Waals surface area (Å²) in [5, 5.41) is 0. The van der Waals surface area contributed by atoms with Crippen molar-refractivity contribution < 1.29 is 13.9 Å². The van der Waals surface area contributed by atoms with Crippen LogP contribution in [0.5, 0.6) is 5.75 Å². The average Bonchev–Trinajstić information content (AvgIpc) is 2.63. The van der Waals surface area contributed by atoms with Gasteiger partial charge in [-0.05, 0) is 18.2 Å². The number of ether oxygens (including phenoxy) is 1. The summed E-state index contributed by atoms with van der Waals surface area (Å²) in [6.45, 7) is 0.621. The number of amides is 1. The van der Waals surface area contributed by atoms with Gasteiger partial charge in [0.25, 0.3) is 5.91 Å². The lowest BCUT2D eigenvalue weighted by Gasteiger charge is -2.13. The van der Waals surface area contributed by atoms with Crippen molar-refractivity contribution in [3.05, 3.63) is 29.6 Å². The van der Waals surface area contributed by atoms with E-state index in [9.17, 15) is 9.18 Å². The average molecular weight is 268 g/mol. The lowest BCUT2D eigenvalue weighted by Crippen LogP contribution is -2.29. The zero-order chi connectivity index (χ0) is 13.3. The first kappa shape index (κ1) is 12.8. The summed E-state index contributed by atoms with van der Waals surface area (Å²) in [6.07, 6.45) is -0.0496. The molecule has 1 aliphatic heterocycles. The molecule has 1 saturated heterocycles. The molecule has 1 aromatic carbocycles. The fourth-order valence-electron chi connectivity index (χ4n) is 1.80. The number of nitrogens with zero attached hydrogens (tertiary/aromatic N) is 1. The predicted octanol–water partition coefficient (Wildman–Crippen LogP) is 1.07. The van der Waals surface area contributed by atoms with Crippen molar-refractivity contribution in [2.24, 2.45) is 5.73 Å².